The highest BCUT2D eigenvalue weighted by Crippen LogP contribution is 2.18. The molecule has 0 aromatic heterocycles. The van der Waals surface area contributed by atoms with Gasteiger partial charge < -0.3 is 15.4 Å². The first kappa shape index (κ1) is 17.8. The zero-order valence-corrected chi connectivity index (χ0v) is 13.9. The molecule has 2 aromatic rings. The third kappa shape index (κ3) is 3.62. The first-order chi connectivity index (χ1) is 12.5. The van der Waals surface area contributed by atoms with Crippen LogP contribution in [-0.2, 0) is 9.53 Å². The number of primary amides is 1. The summed E-state index contributed by atoms with van der Waals surface area (Å²) in [6, 6.07) is 11.5. The largest absolute Gasteiger partial charge is 0.367 e. The maximum absolute atomic E-state index is 13.1. The van der Waals surface area contributed by atoms with Crippen LogP contribution in [0.1, 0.15) is 26.3 Å². The second kappa shape index (κ2) is 7.45. The van der Waals surface area contributed by atoms with E-state index < -0.39 is 17.8 Å². The molecule has 6 nitrogen and oxygen atoms in total. The molecular weight excluding hydrogens is 339 g/mol. The lowest BCUT2D eigenvalue weighted by Crippen LogP contribution is -2.50. The Morgan fingerprint density at radius 2 is 1.69 bits per heavy atom. The highest BCUT2D eigenvalue weighted by atomic mass is 19.1. The summed E-state index contributed by atoms with van der Waals surface area (Å²) in [6.45, 7) is 0.516. The van der Waals surface area contributed by atoms with Gasteiger partial charge in [0.25, 0.3) is 5.91 Å². The van der Waals surface area contributed by atoms with Crippen LogP contribution in [0.2, 0.25) is 0 Å². The van der Waals surface area contributed by atoms with Crippen molar-refractivity contribution in [2.24, 2.45) is 5.73 Å². The second-order valence-electron chi connectivity index (χ2n) is 5.89. The number of nitrogens with two attached hydrogens (primary N) is 1. The van der Waals surface area contributed by atoms with E-state index in [1.807, 2.05) is 0 Å². The number of carbonyl (C=O) groups is 3. The molecule has 0 bridgehead atoms. The van der Waals surface area contributed by atoms with E-state index in [1.54, 1.807) is 24.3 Å². The van der Waals surface area contributed by atoms with E-state index in [0.717, 1.165) is 0 Å². The molecule has 0 saturated carbocycles. The summed E-state index contributed by atoms with van der Waals surface area (Å²) >= 11 is 0. The number of ether oxygens (including phenoxy) is 1. The fraction of sp³-hybridized carbons (Fsp3) is 0.211. The van der Waals surface area contributed by atoms with Gasteiger partial charge >= 0.3 is 0 Å². The third-order valence-electron chi connectivity index (χ3n) is 4.18. The van der Waals surface area contributed by atoms with Crippen LogP contribution in [0.15, 0.2) is 48.5 Å². The van der Waals surface area contributed by atoms with Crippen LogP contribution in [0.4, 0.5) is 4.39 Å². The van der Waals surface area contributed by atoms with Crippen molar-refractivity contribution in [3.05, 3.63) is 71.0 Å². The predicted molar refractivity (Wildman–Crippen MR) is 91.1 cm³/mol. The van der Waals surface area contributed by atoms with Gasteiger partial charge in [-0.05, 0) is 30.3 Å². The summed E-state index contributed by atoms with van der Waals surface area (Å²) in [7, 11) is 0. The van der Waals surface area contributed by atoms with Gasteiger partial charge in [-0.2, -0.15) is 0 Å². The minimum absolute atomic E-state index is 0.0350. The zero-order chi connectivity index (χ0) is 18.7. The average Bonchev–Trinajstić information content (AvgIpc) is 2.67. The number of morpholine rings is 1. The second-order valence-corrected chi connectivity index (χ2v) is 5.89. The van der Waals surface area contributed by atoms with Crippen LogP contribution < -0.4 is 5.73 Å². The Morgan fingerprint density at radius 3 is 2.35 bits per heavy atom. The third-order valence-corrected chi connectivity index (χ3v) is 4.18. The van der Waals surface area contributed by atoms with E-state index >= 15 is 0 Å². The average molecular weight is 356 g/mol. The molecule has 2 amide bonds. The fourth-order valence-corrected chi connectivity index (χ4v) is 2.80. The van der Waals surface area contributed by atoms with E-state index in [-0.39, 0.29) is 41.5 Å². The Balaban J connectivity index is 1.89. The normalized spacial score (nSPS) is 17.0. The van der Waals surface area contributed by atoms with Gasteiger partial charge in [0.1, 0.15) is 5.82 Å². The molecule has 0 unspecified atom stereocenters. The quantitative estimate of drug-likeness (QED) is 0.838. The lowest BCUT2D eigenvalue weighted by Gasteiger charge is -2.31. The van der Waals surface area contributed by atoms with Crippen molar-refractivity contribution in [1.82, 2.24) is 4.90 Å². The SMILES string of the molecule is NC(=O)[C@H]1CN(C(=O)c2ccccc2C(=O)c2ccc(F)cc2)CCO1. The van der Waals surface area contributed by atoms with Crippen LogP contribution in [0.5, 0.6) is 0 Å². The van der Waals surface area contributed by atoms with Gasteiger partial charge in [0.2, 0.25) is 5.91 Å². The van der Waals surface area contributed by atoms with Gasteiger partial charge in [0, 0.05) is 17.7 Å². The first-order valence-electron chi connectivity index (χ1n) is 8.07. The monoisotopic (exact) mass is 356 g/mol. The van der Waals surface area contributed by atoms with E-state index in [0.29, 0.717) is 6.54 Å². The number of ketones is 1. The van der Waals surface area contributed by atoms with Gasteiger partial charge in [-0.25, -0.2) is 4.39 Å². The topological polar surface area (TPSA) is 89.7 Å². The number of carbonyl (C=O) groups excluding carboxylic acids is 3. The molecule has 1 aliphatic heterocycles. The number of hydrogen-bond acceptors (Lipinski definition) is 4. The van der Waals surface area contributed by atoms with Gasteiger partial charge in [0.15, 0.2) is 11.9 Å². The molecule has 1 fully saturated rings. The highest BCUT2D eigenvalue weighted by Gasteiger charge is 2.30. The summed E-state index contributed by atoms with van der Waals surface area (Å²) in [5, 5.41) is 0. The molecule has 2 aromatic carbocycles. The number of amides is 2. The van der Waals surface area contributed by atoms with Crippen molar-refractivity contribution in [1.29, 1.82) is 0 Å². The van der Waals surface area contributed by atoms with Crippen molar-refractivity contribution < 1.29 is 23.5 Å². The standard InChI is InChI=1S/C19H17FN2O4/c20-13-7-5-12(6-8-13)17(23)14-3-1-2-4-15(14)19(25)22-9-10-26-16(11-22)18(21)24/h1-8,16H,9-11H2,(H2,21,24)/t16-/m1/s1. The van der Waals surface area contributed by atoms with Crippen LogP contribution in [0.25, 0.3) is 0 Å². The van der Waals surface area contributed by atoms with E-state index in [1.165, 1.54) is 29.2 Å². The first-order valence-corrected chi connectivity index (χ1v) is 8.07. The Kier molecular flexibility index (Phi) is 5.09. The molecule has 26 heavy (non-hydrogen) atoms. The summed E-state index contributed by atoms with van der Waals surface area (Å²) in [4.78, 5) is 38.4. The minimum atomic E-state index is -0.868. The summed E-state index contributed by atoms with van der Waals surface area (Å²) in [6.07, 6.45) is -0.868. The molecule has 3 rings (SSSR count). The smallest absolute Gasteiger partial charge is 0.254 e. The van der Waals surface area contributed by atoms with E-state index in [9.17, 15) is 18.8 Å². The van der Waals surface area contributed by atoms with Gasteiger partial charge in [-0.3, -0.25) is 14.4 Å². The van der Waals surface area contributed by atoms with Gasteiger partial charge in [0.05, 0.1) is 18.7 Å². The number of halogens is 1. The molecule has 1 atom stereocenters. The molecular formula is C19H17FN2O4. The Morgan fingerprint density at radius 1 is 1.04 bits per heavy atom. The maximum atomic E-state index is 13.1. The van der Waals surface area contributed by atoms with Gasteiger partial charge in [-0.1, -0.05) is 18.2 Å². The molecule has 7 heteroatoms. The maximum Gasteiger partial charge on any atom is 0.254 e. The van der Waals surface area contributed by atoms with E-state index in [4.69, 9.17) is 10.5 Å². The Hall–Kier alpha value is -3.06. The zero-order valence-electron chi connectivity index (χ0n) is 13.9. The van der Waals surface area contributed by atoms with Crippen LogP contribution in [-0.4, -0.2) is 48.3 Å². The lowest BCUT2D eigenvalue weighted by atomic mass is 9.97. The molecule has 0 spiro atoms. The molecule has 0 radical (unpaired) electrons. The molecule has 1 heterocycles. The molecule has 1 saturated heterocycles. The fourth-order valence-electron chi connectivity index (χ4n) is 2.80. The molecule has 1 aliphatic rings. The van der Waals surface area contributed by atoms with Gasteiger partial charge in [-0.15, -0.1) is 0 Å². The van der Waals surface area contributed by atoms with Crippen molar-refractivity contribution >= 4 is 17.6 Å². The number of nitrogens with zero attached hydrogens (tertiary/aromatic N) is 1. The molecule has 0 aliphatic carbocycles. The van der Waals surface area contributed by atoms with Crippen molar-refractivity contribution in [2.45, 2.75) is 6.10 Å². The Bertz CT molecular complexity index is 851. The molecule has 134 valence electrons. The number of hydrogen-bond donors (Lipinski definition) is 1. The summed E-state index contributed by atoms with van der Waals surface area (Å²) in [5.41, 5.74) is 5.96. The summed E-state index contributed by atoms with van der Waals surface area (Å²) < 4.78 is 18.3. The van der Waals surface area contributed by atoms with E-state index in [2.05, 4.69) is 0 Å². The van der Waals surface area contributed by atoms with Crippen LogP contribution in [0, 0.1) is 5.82 Å². The number of rotatable bonds is 4. The summed E-state index contributed by atoms with van der Waals surface area (Å²) in [5.74, 6) is -1.85. The van der Waals surface area contributed by atoms with Crippen molar-refractivity contribution in [3.63, 3.8) is 0 Å². The van der Waals surface area contributed by atoms with Crippen LogP contribution in [0.3, 0.4) is 0 Å². The highest BCUT2D eigenvalue weighted by molar-refractivity contribution is 6.15. The number of benzene rings is 2. The molecule has 2 N–H and O–H groups in total. The predicted octanol–water partition coefficient (Wildman–Crippen LogP) is 1.38. The minimum Gasteiger partial charge on any atom is -0.367 e. The lowest BCUT2D eigenvalue weighted by molar-refractivity contribution is -0.133. The Labute approximate surface area is 149 Å². The van der Waals surface area contributed by atoms with Crippen molar-refractivity contribution in [3.8, 4) is 0 Å². The van der Waals surface area contributed by atoms with Crippen molar-refractivity contribution in [2.75, 3.05) is 19.7 Å². The van der Waals surface area contributed by atoms with Crippen LogP contribution >= 0.6 is 0 Å².